The summed E-state index contributed by atoms with van der Waals surface area (Å²) in [6.45, 7) is 7.98. The molecule has 0 saturated heterocycles. The molecule has 1 aromatic heterocycles. The van der Waals surface area contributed by atoms with Gasteiger partial charge in [-0.15, -0.1) is 5.10 Å². The number of unbranched alkanes of at least 4 members (excludes halogenated alkanes) is 3. The molecule has 0 aliphatic rings. The third-order valence-corrected chi connectivity index (χ3v) is 3.06. The Balaban J connectivity index is 2.71. The van der Waals surface area contributed by atoms with Gasteiger partial charge in [-0.25, -0.2) is 14.3 Å². The van der Waals surface area contributed by atoms with Crippen LogP contribution in [0.25, 0.3) is 0 Å². The van der Waals surface area contributed by atoms with Crippen LogP contribution in [-0.4, -0.2) is 37.8 Å². The summed E-state index contributed by atoms with van der Waals surface area (Å²) in [6, 6.07) is 0. The lowest BCUT2D eigenvalue weighted by molar-refractivity contribution is 0.0519. The third-order valence-electron chi connectivity index (χ3n) is 3.06. The molecule has 0 aliphatic carbocycles. The number of alkyl carbamates (subject to hydrolysis) is 1. The predicted octanol–water partition coefficient (Wildman–Crippen LogP) is 2.58. The minimum absolute atomic E-state index is 0.0112. The average Bonchev–Trinajstić information content (AvgIpc) is 2.82. The lowest BCUT2D eigenvalue weighted by Crippen LogP contribution is -2.33. The SMILES string of the molecule is CCCCCCn1nnc(C(=O)O)c1CNC(=O)OC(C)(C)C. The topological polar surface area (TPSA) is 106 Å². The molecule has 0 bridgehead atoms. The summed E-state index contributed by atoms with van der Waals surface area (Å²) < 4.78 is 6.68. The van der Waals surface area contributed by atoms with E-state index in [1.807, 2.05) is 0 Å². The number of ether oxygens (including phenoxy) is 1. The van der Waals surface area contributed by atoms with Crippen molar-refractivity contribution in [1.82, 2.24) is 20.3 Å². The van der Waals surface area contributed by atoms with Gasteiger partial charge in [0.2, 0.25) is 0 Å². The van der Waals surface area contributed by atoms with Gasteiger partial charge in [0.25, 0.3) is 0 Å². The van der Waals surface area contributed by atoms with Gasteiger partial charge in [-0.05, 0) is 27.2 Å². The molecule has 0 unspecified atom stereocenters. The molecule has 1 aromatic rings. The van der Waals surface area contributed by atoms with Gasteiger partial charge in [0.15, 0.2) is 5.69 Å². The first kappa shape index (κ1) is 18.9. The quantitative estimate of drug-likeness (QED) is 0.711. The number of hydrogen-bond donors (Lipinski definition) is 2. The Kier molecular flexibility index (Phi) is 6.99. The number of aromatic nitrogens is 3. The van der Waals surface area contributed by atoms with E-state index in [1.165, 1.54) is 4.68 Å². The van der Waals surface area contributed by atoms with Crippen molar-refractivity contribution in [2.24, 2.45) is 0 Å². The largest absolute Gasteiger partial charge is 0.476 e. The van der Waals surface area contributed by atoms with Crippen LogP contribution in [0.4, 0.5) is 4.79 Å². The summed E-state index contributed by atoms with van der Waals surface area (Å²) in [5, 5.41) is 19.3. The van der Waals surface area contributed by atoms with E-state index in [-0.39, 0.29) is 12.2 Å². The molecule has 130 valence electrons. The average molecular weight is 326 g/mol. The molecule has 1 rings (SSSR count). The van der Waals surface area contributed by atoms with Crippen molar-refractivity contribution in [2.45, 2.75) is 72.1 Å². The molecular weight excluding hydrogens is 300 g/mol. The highest BCUT2D eigenvalue weighted by molar-refractivity contribution is 5.86. The molecule has 8 heteroatoms. The molecule has 0 radical (unpaired) electrons. The van der Waals surface area contributed by atoms with E-state index in [0.717, 1.165) is 25.7 Å². The fourth-order valence-corrected chi connectivity index (χ4v) is 2.01. The van der Waals surface area contributed by atoms with Crippen LogP contribution < -0.4 is 5.32 Å². The Labute approximate surface area is 136 Å². The van der Waals surface area contributed by atoms with Gasteiger partial charge >= 0.3 is 12.1 Å². The van der Waals surface area contributed by atoms with Crippen LogP contribution in [0.1, 0.15) is 69.6 Å². The number of nitrogens with one attached hydrogen (secondary N) is 1. The Morgan fingerprint density at radius 1 is 1.26 bits per heavy atom. The number of aryl methyl sites for hydroxylation is 1. The van der Waals surface area contributed by atoms with Gasteiger partial charge in [0, 0.05) is 6.54 Å². The highest BCUT2D eigenvalue weighted by Crippen LogP contribution is 2.10. The van der Waals surface area contributed by atoms with Crippen molar-refractivity contribution >= 4 is 12.1 Å². The van der Waals surface area contributed by atoms with Crippen molar-refractivity contribution in [1.29, 1.82) is 0 Å². The molecule has 1 heterocycles. The zero-order valence-electron chi connectivity index (χ0n) is 14.3. The van der Waals surface area contributed by atoms with Crippen molar-refractivity contribution in [3.8, 4) is 0 Å². The van der Waals surface area contributed by atoms with Crippen LogP contribution in [0, 0.1) is 0 Å². The van der Waals surface area contributed by atoms with Gasteiger partial charge in [0.1, 0.15) is 5.60 Å². The number of aromatic carboxylic acids is 1. The second-order valence-electron chi connectivity index (χ2n) is 6.33. The van der Waals surface area contributed by atoms with Crippen LogP contribution in [0.15, 0.2) is 0 Å². The van der Waals surface area contributed by atoms with E-state index in [1.54, 1.807) is 20.8 Å². The summed E-state index contributed by atoms with van der Waals surface area (Å²) >= 11 is 0. The number of carbonyl (C=O) groups is 2. The fraction of sp³-hybridized carbons (Fsp3) is 0.733. The summed E-state index contributed by atoms with van der Waals surface area (Å²) in [5.41, 5.74) is -0.380. The number of hydrogen-bond acceptors (Lipinski definition) is 5. The maximum Gasteiger partial charge on any atom is 0.407 e. The predicted molar refractivity (Wildman–Crippen MR) is 84.2 cm³/mol. The molecule has 0 aromatic carbocycles. The second-order valence-corrected chi connectivity index (χ2v) is 6.33. The van der Waals surface area contributed by atoms with Crippen molar-refractivity contribution in [3.05, 3.63) is 11.4 Å². The molecule has 8 nitrogen and oxygen atoms in total. The van der Waals surface area contributed by atoms with Gasteiger partial charge < -0.3 is 15.2 Å². The summed E-state index contributed by atoms with van der Waals surface area (Å²) in [4.78, 5) is 22.9. The fourth-order valence-electron chi connectivity index (χ4n) is 2.01. The highest BCUT2D eigenvalue weighted by Gasteiger charge is 2.21. The minimum Gasteiger partial charge on any atom is -0.476 e. The maximum atomic E-state index is 11.7. The van der Waals surface area contributed by atoms with E-state index in [9.17, 15) is 14.7 Å². The van der Waals surface area contributed by atoms with Crippen LogP contribution in [0.2, 0.25) is 0 Å². The number of rotatable bonds is 8. The van der Waals surface area contributed by atoms with Gasteiger partial charge in [0.05, 0.1) is 12.2 Å². The van der Waals surface area contributed by atoms with Crippen LogP contribution >= 0.6 is 0 Å². The monoisotopic (exact) mass is 326 g/mol. The molecule has 0 spiro atoms. The first-order chi connectivity index (χ1) is 10.7. The normalized spacial score (nSPS) is 11.3. The Bertz CT molecular complexity index is 534. The molecule has 0 saturated carbocycles. The third kappa shape index (κ3) is 6.66. The van der Waals surface area contributed by atoms with Crippen LogP contribution in [0.5, 0.6) is 0 Å². The summed E-state index contributed by atoms with van der Waals surface area (Å²) in [7, 11) is 0. The van der Waals surface area contributed by atoms with Crippen molar-refractivity contribution < 1.29 is 19.4 Å². The highest BCUT2D eigenvalue weighted by atomic mass is 16.6. The number of carboxylic acid groups (broad SMARTS) is 1. The van der Waals surface area contributed by atoms with Gasteiger partial charge in [-0.2, -0.15) is 0 Å². The molecule has 23 heavy (non-hydrogen) atoms. The second kappa shape index (κ2) is 8.50. The van der Waals surface area contributed by atoms with E-state index >= 15 is 0 Å². The van der Waals surface area contributed by atoms with E-state index in [2.05, 4.69) is 22.6 Å². The smallest absolute Gasteiger partial charge is 0.407 e. The maximum absolute atomic E-state index is 11.7. The van der Waals surface area contributed by atoms with E-state index in [4.69, 9.17) is 4.74 Å². The number of carboxylic acids is 1. The summed E-state index contributed by atoms with van der Waals surface area (Å²) in [5.74, 6) is -1.16. The van der Waals surface area contributed by atoms with Gasteiger partial charge in [-0.3, -0.25) is 0 Å². The number of nitrogens with zero attached hydrogens (tertiary/aromatic N) is 3. The molecule has 0 aliphatic heterocycles. The van der Waals surface area contributed by atoms with Gasteiger partial charge in [-0.1, -0.05) is 31.4 Å². The zero-order chi connectivity index (χ0) is 17.5. The molecule has 1 amide bonds. The first-order valence-electron chi connectivity index (χ1n) is 7.87. The summed E-state index contributed by atoms with van der Waals surface area (Å²) in [6.07, 6.45) is 3.55. The molecule has 0 atom stereocenters. The minimum atomic E-state index is -1.16. The lowest BCUT2D eigenvalue weighted by atomic mass is 10.2. The van der Waals surface area contributed by atoms with Crippen LogP contribution in [0.3, 0.4) is 0 Å². The van der Waals surface area contributed by atoms with Crippen molar-refractivity contribution in [2.75, 3.05) is 0 Å². The lowest BCUT2D eigenvalue weighted by Gasteiger charge is -2.19. The standard InChI is InChI=1S/C15H26N4O4/c1-5-6-7-8-9-19-11(12(13(20)21)17-18-19)10-16-14(22)23-15(2,3)4/h5-10H2,1-4H3,(H,16,22)(H,20,21). The number of amides is 1. The first-order valence-corrected chi connectivity index (χ1v) is 7.87. The van der Waals surface area contributed by atoms with Crippen LogP contribution in [-0.2, 0) is 17.8 Å². The zero-order valence-corrected chi connectivity index (χ0v) is 14.3. The molecule has 2 N–H and O–H groups in total. The molecular formula is C15H26N4O4. The van der Waals surface area contributed by atoms with E-state index < -0.39 is 17.7 Å². The Hall–Kier alpha value is -2.12. The van der Waals surface area contributed by atoms with Crippen molar-refractivity contribution in [3.63, 3.8) is 0 Å². The Morgan fingerprint density at radius 3 is 2.52 bits per heavy atom. The molecule has 0 fully saturated rings. The van der Waals surface area contributed by atoms with E-state index in [0.29, 0.717) is 12.2 Å². The number of carbonyl (C=O) groups excluding carboxylic acids is 1. The Morgan fingerprint density at radius 2 is 1.96 bits per heavy atom.